The molecule has 1 amide bonds. The van der Waals surface area contributed by atoms with Gasteiger partial charge < -0.3 is 10.6 Å². The first kappa shape index (κ1) is 11.4. The van der Waals surface area contributed by atoms with Crippen LogP contribution in [0.4, 0.5) is 5.69 Å². The third kappa shape index (κ3) is 2.36. The smallest absolute Gasteiger partial charge is 0.270 e. The fraction of sp³-hybridized carbons (Fsp3) is 0.231. The van der Waals surface area contributed by atoms with Gasteiger partial charge in [0.05, 0.1) is 0 Å². The van der Waals surface area contributed by atoms with Crippen LogP contribution in [0.15, 0.2) is 41.7 Å². The number of hydrogen-bond donors (Lipinski definition) is 2. The molecule has 0 radical (unpaired) electrons. The molecule has 0 atom stereocenters. The second kappa shape index (κ2) is 4.41. The van der Waals surface area contributed by atoms with Crippen LogP contribution in [0.1, 0.15) is 19.4 Å². The van der Waals surface area contributed by atoms with Crippen LogP contribution >= 0.6 is 0 Å². The standard InChI is InChI=1S/C13H15N3O/c1-8(2)14-13(17)12-10-6-4-5-7-11(10)15-9(3)16-12/h4-8,15H,3H2,1-2H3,(H,14,17). The summed E-state index contributed by atoms with van der Waals surface area (Å²) in [5.41, 5.74) is 2.08. The lowest BCUT2D eigenvalue weighted by molar-refractivity contribution is -0.115. The molecule has 0 aromatic heterocycles. The molecule has 4 heteroatoms. The Kier molecular flexibility index (Phi) is 2.95. The zero-order chi connectivity index (χ0) is 12.4. The number of carbonyl (C=O) groups excluding carboxylic acids is 1. The second-order valence-corrected chi connectivity index (χ2v) is 4.21. The lowest BCUT2D eigenvalue weighted by atomic mass is 10.1. The molecule has 88 valence electrons. The van der Waals surface area contributed by atoms with E-state index in [0.717, 1.165) is 11.3 Å². The number of anilines is 1. The first-order valence-corrected chi connectivity index (χ1v) is 5.53. The van der Waals surface area contributed by atoms with E-state index in [-0.39, 0.29) is 11.9 Å². The Balaban J connectivity index is 2.39. The van der Waals surface area contributed by atoms with E-state index in [9.17, 15) is 4.79 Å². The van der Waals surface area contributed by atoms with Gasteiger partial charge in [-0.3, -0.25) is 4.79 Å². The Bertz CT molecular complexity index is 503. The van der Waals surface area contributed by atoms with Crippen molar-refractivity contribution in [3.63, 3.8) is 0 Å². The summed E-state index contributed by atoms with van der Waals surface area (Å²) in [7, 11) is 0. The third-order valence-corrected chi connectivity index (χ3v) is 2.34. The van der Waals surface area contributed by atoms with Gasteiger partial charge in [0.1, 0.15) is 11.5 Å². The van der Waals surface area contributed by atoms with Crippen LogP contribution in [0.5, 0.6) is 0 Å². The van der Waals surface area contributed by atoms with E-state index >= 15 is 0 Å². The minimum atomic E-state index is -0.171. The van der Waals surface area contributed by atoms with Crippen molar-refractivity contribution in [1.29, 1.82) is 0 Å². The van der Waals surface area contributed by atoms with Crippen LogP contribution in [-0.4, -0.2) is 17.7 Å². The van der Waals surface area contributed by atoms with Crippen molar-refractivity contribution >= 4 is 17.3 Å². The monoisotopic (exact) mass is 229 g/mol. The quantitative estimate of drug-likeness (QED) is 0.813. The maximum atomic E-state index is 12.0. The predicted octanol–water partition coefficient (Wildman–Crippen LogP) is 1.90. The van der Waals surface area contributed by atoms with E-state index in [0.29, 0.717) is 11.5 Å². The number of rotatable bonds is 2. The summed E-state index contributed by atoms with van der Waals surface area (Å²) in [5.74, 6) is 0.313. The van der Waals surface area contributed by atoms with Gasteiger partial charge in [-0.2, -0.15) is 0 Å². The third-order valence-electron chi connectivity index (χ3n) is 2.34. The molecule has 2 N–H and O–H groups in total. The number of nitrogens with zero attached hydrogens (tertiary/aromatic N) is 1. The molecule has 0 saturated carbocycles. The molecule has 1 aromatic carbocycles. The number of carbonyl (C=O) groups is 1. The van der Waals surface area contributed by atoms with Gasteiger partial charge in [0, 0.05) is 17.3 Å². The highest BCUT2D eigenvalue weighted by Crippen LogP contribution is 2.23. The summed E-state index contributed by atoms with van der Waals surface area (Å²) in [6.45, 7) is 7.58. The van der Waals surface area contributed by atoms with Crippen LogP contribution in [-0.2, 0) is 4.79 Å². The fourth-order valence-corrected chi connectivity index (χ4v) is 1.68. The van der Waals surface area contributed by atoms with Crippen molar-refractivity contribution in [1.82, 2.24) is 5.32 Å². The molecule has 0 bridgehead atoms. The summed E-state index contributed by atoms with van der Waals surface area (Å²) < 4.78 is 0. The molecule has 1 aliphatic heterocycles. The van der Waals surface area contributed by atoms with Gasteiger partial charge in [-0.1, -0.05) is 24.8 Å². The van der Waals surface area contributed by atoms with Crippen LogP contribution in [0.3, 0.4) is 0 Å². The number of amides is 1. The maximum Gasteiger partial charge on any atom is 0.270 e. The lowest BCUT2D eigenvalue weighted by Crippen LogP contribution is -2.37. The molecule has 17 heavy (non-hydrogen) atoms. The normalized spacial score (nSPS) is 13.8. The molecule has 1 aliphatic rings. The number of aliphatic imine (C=N–C) groups is 1. The van der Waals surface area contributed by atoms with Gasteiger partial charge in [-0.15, -0.1) is 0 Å². The van der Waals surface area contributed by atoms with Crippen LogP contribution in [0.2, 0.25) is 0 Å². The van der Waals surface area contributed by atoms with Gasteiger partial charge in [-0.05, 0) is 19.9 Å². The molecule has 0 aliphatic carbocycles. The molecule has 1 heterocycles. The number of nitrogens with one attached hydrogen (secondary N) is 2. The second-order valence-electron chi connectivity index (χ2n) is 4.21. The maximum absolute atomic E-state index is 12.0. The summed E-state index contributed by atoms with van der Waals surface area (Å²) in [5, 5.41) is 5.87. The van der Waals surface area contributed by atoms with Crippen molar-refractivity contribution in [3.05, 3.63) is 42.2 Å². The average molecular weight is 229 g/mol. The minimum Gasteiger partial charge on any atom is -0.349 e. The summed E-state index contributed by atoms with van der Waals surface area (Å²) in [6.07, 6.45) is 0. The van der Waals surface area contributed by atoms with Gasteiger partial charge in [0.25, 0.3) is 5.91 Å². The number of para-hydroxylation sites is 1. The predicted molar refractivity (Wildman–Crippen MR) is 69.0 cm³/mol. The fourth-order valence-electron chi connectivity index (χ4n) is 1.68. The molecule has 4 nitrogen and oxygen atoms in total. The molecular formula is C13H15N3O. The largest absolute Gasteiger partial charge is 0.349 e. The van der Waals surface area contributed by atoms with Gasteiger partial charge in [-0.25, -0.2) is 4.99 Å². The highest BCUT2D eigenvalue weighted by Gasteiger charge is 2.21. The van der Waals surface area contributed by atoms with Crippen molar-refractivity contribution in [2.75, 3.05) is 5.32 Å². The zero-order valence-corrected chi connectivity index (χ0v) is 9.95. The average Bonchev–Trinajstić information content (AvgIpc) is 2.26. The summed E-state index contributed by atoms with van der Waals surface area (Å²) >= 11 is 0. The van der Waals surface area contributed by atoms with Gasteiger partial charge in [0.15, 0.2) is 0 Å². The van der Waals surface area contributed by atoms with E-state index in [4.69, 9.17) is 0 Å². The van der Waals surface area contributed by atoms with E-state index in [1.165, 1.54) is 0 Å². The highest BCUT2D eigenvalue weighted by atomic mass is 16.1. The molecule has 2 rings (SSSR count). The molecule has 0 unspecified atom stereocenters. The molecular weight excluding hydrogens is 214 g/mol. The number of hydrogen-bond acceptors (Lipinski definition) is 3. The molecule has 0 spiro atoms. The first-order valence-electron chi connectivity index (χ1n) is 5.53. The Hall–Kier alpha value is -2.10. The molecule has 1 aromatic rings. The van der Waals surface area contributed by atoms with Crippen LogP contribution < -0.4 is 10.6 Å². The number of benzene rings is 1. The van der Waals surface area contributed by atoms with Crippen LogP contribution in [0.25, 0.3) is 0 Å². The lowest BCUT2D eigenvalue weighted by Gasteiger charge is -2.19. The van der Waals surface area contributed by atoms with E-state index in [1.54, 1.807) is 0 Å². The summed E-state index contributed by atoms with van der Waals surface area (Å²) in [4.78, 5) is 16.2. The Morgan fingerprint density at radius 3 is 2.82 bits per heavy atom. The van der Waals surface area contributed by atoms with E-state index in [1.807, 2.05) is 38.1 Å². The topological polar surface area (TPSA) is 53.5 Å². The van der Waals surface area contributed by atoms with Gasteiger partial charge >= 0.3 is 0 Å². The Morgan fingerprint density at radius 1 is 1.41 bits per heavy atom. The van der Waals surface area contributed by atoms with E-state index in [2.05, 4.69) is 22.2 Å². The van der Waals surface area contributed by atoms with E-state index < -0.39 is 0 Å². The highest BCUT2D eigenvalue weighted by molar-refractivity contribution is 6.47. The van der Waals surface area contributed by atoms with Crippen molar-refractivity contribution in [2.24, 2.45) is 4.99 Å². The first-order chi connectivity index (χ1) is 8.08. The molecule has 0 saturated heterocycles. The Morgan fingerprint density at radius 2 is 2.12 bits per heavy atom. The number of fused-ring (bicyclic) bond motifs is 1. The van der Waals surface area contributed by atoms with Gasteiger partial charge in [0.2, 0.25) is 0 Å². The Labute approximate surface area is 100 Å². The molecule has 0 fully saturated rings. The SMILES string of the molecule is C=C1N=C(C(=O)NC(C)C)c2ccccc2N1. The minimum absolute atomic E-state index is 0.0838. The van der Waals surface area contributed by atoms with Crippen molar-refractivity contribution in [3.8, 4) is 0 Å². The summed E-state index contributed by atoms with van der Waals surface area (Å²) in [6, 6.07) is 7.64. The zero-order valence-electron chi connectivity index (χ0n) is 9.95. The van der Waals surface area contributed by atoms with Crippen molar-refractivity contribution < 1.29 is 4.79 Å². The van der Waals surface area contributed by atoms with Crippen LogP contribution in [0, 0.1) is 0 Å². The van der Waals surface area contributed by atoms with Crippen molar-refractivity contribution in [2.45, 2.75) is 19.9 Å².